The van der Waals surface area contributed by atoms with Crippen molar-refractivity contribution >= 4 is 5.65 Å². The van der Waals surface area contributed by atoms with Crippen LogP contribution >= 0.6 is 0 Å². The van der Waals surface area contributed by atoms with Gasteiger partial charge >= 0.3 is 0 Å². The highest BCUT2D eigenvalue weighted by molar-refractivity contribution is 5.67. The summed E-state index contributed by atoms with van der Waals surface area (Å²) < 4.78 is 13.1. The number of imidazole rings is 1. The third kappa shape index (κ3) is 4.78. The first-order chi connectivity index (χ1) is 17.0. The van der Waals surface area contributed by atoms with E-state index in [9.17, 15) is 0 Å². The average molecular weight is 477 g/mol. The number of nitrogens with one attached hydrogen (secondary N) is 1. The second-order valence-corrected chi connectivity index (χ2v) is 10.6. The van der Waals surface area contributed by atoms with Crippen LogP contribution in [0.15, 0.2) is 36.7 Å². The molecule has 6 heteroatoms. The fraction of sp³-hybridized carbons (Fsp3) is 0.552. The Morgan fingerprint density at radius 1 is 1.00 bits per heavy atom. The lowest BCUT2D eigenvalue weighted by molar-refractivity contribution is 0.0430. The van der Waals surface area contributed by atoms with E-state index in [2.05, 4.69) is 53.8 Å². The van der Waals surface area contributed by atoms with E-state index in [4.69, 9.17) is 14.5 Å². The zero-order valence-corrected chi connectivity index (χ0v) is 21.9. The minimum atomic E-state index is 0.593. The van der Waals surface area contributed by atoms with Gasteiger partial charge in [0.05, 0.1) is 19.9 Å². The van der Waals surface area contributed by atoms with Crippen LogP contribution in [0.2, 0.25) is 0 Å². The lowest BCUT2D eigenvalue weighted by Gasteiger charge is -2.47. The van der Waals surface area contributed by atoms with Gasteiger partial charge in [0.2, 0.25) is 0 Å². The molecule has 0 saturated carbocycles. The van der Waals surface area contributed by atoms with Gasteiger partial charge in [-0.15, -0.1) is 0 Å². The summed E-state index contributed by atoms with van der Waals surface area (Å²) in [5.74, 6) is 2.71. The molecule has 2 aliphatic rings. The van der Waals surface area contributed by atoms with E-state index in [1.807, 2.05) is 18.2 Å². The van der Waals surface area contributed by atoms with Crippen LogP contribution in [0.25, 0.3) is 16.9 Å². The van der Waals surface area contributed by atoms with Crippen molar-refractivity contribution < 1.29 is 9.47 Å². The van der Waals surface area contributed by atoms with Crippen LogP contribution in [0.5, 0.6) is 11.5 Å². The lowest BCUT2D eigenvalue weighted by Crippen LogP contribution is -2.53. The summed E-state index contributed by atoms with van der Waals surface area (Å²) in [7, 11) is 3.33. The molecule has 2 aromatic heterocycles. The Morgan fingerprint density at radius 2 is 1.77 bits per heavy atom. The predicted molar refractivity (Wildman–Crippen MR) is 142 cm³/mol. The van der Waals surface area contributed by atoms with E-state index in [1.54, 1.807) is 14.2 Å². The van der Waals surface area contributed by atoms with Crippen molar-refractivity contribution in [1.29, 1.82) is 0 Å². The number of fused-ring (bicyclic) bond motifs is 1. The normalized spacial score (nSPS) is 22.1. The summed E-state index contributed by atoms with van der Waals surface area (Å²) in [6.45, 7) is 10.5. The summed E-state index contributed by atoms with van der Waals surface area (Å²) in [5.41, 5.74) is 5.68. The zero-order valence-electron chi connectivity index (χ0n) is 21.9. The van der Waals surface area contributed by atoms with Gasteiger partial charge in [-0.3, -0.25) is 4.90 Å². The Bertz CT molecular complexity index is 1160. The van der Waals surface area contributed by atoms with Crippen molar-refractivity contribution in [1.82, 2.24) is 19.6 Å². The van der Waals surface area contributed by atoms with Gasteiger partial charge in [0, 0.05) is 30.0 Å². The number of nitrogens with zero attached hydrogens (tertiary/aromatic N) is 3. The molecule has 3 aromatic rings. The van der Waals surface area contributed by atoms with E-state index < -0.39 is 0 Å². The molecule has 0 bridgehead atoms. The largest absolute Gasteiger partial charge is 0.493 e. The highest BCUT2D eigenvalue weighted by Crippen LogP contribution is 2.38. The molecule has 2 fully saturated rings. The van der Waals surface area contributed by atoms with E-state index in [0.717, 1.165) is 47.5 Å². The molecule has 35 heavy (non-hydrogen) atoms. The molecule has 1 unspecified atom stereocenters. The number of rotatable bonds is 6. The Hall–Kier alpha value is -2.57. The van der Waals surface area contributed by atoms with E-state index >= 15 is 0 Å². The third-order valence-corrected chi connectivity index (χ3v) is 8.14. The fourth-order valence-corrected chi connectivity index (χ4v) is 6.22. The van der Waals surface area contributed by atoms with E-state index in [1.165, 1.54) is 43.4 Å². The molecule has 2 aliphatic heterocycles. The van der Waals surface area contributed by atoms with Gasteiger partial charge in [-0.25, -0.2) is 4.98 Å². The number of piperidine rings is 2. The molecular formula is C29H40N4O2. The monoisotopic (exact) mass is 476 g/mol. The molecule has 0 spiro atoms. The molecule has 2 saturated heterocycles. The van der Waals surface area contributed by atoms with Gasteiger partial charge in [0.1, 0.15) is 5.65 Å². The van der Waals surface area contributed by atoms with Crippen LogP contribution < -0.4 is 14.8 Å². The minimum Gasteiger partial charge on any atom is -0.493 e. The number of aryl methyl sites for hydroxylation is 1. The van der Waals surface area contributed by atoms with Crippen molar-refractivity contribution in [3.63, 3.8) is 0 Å². The smallest absolute Gasteiger partial charge is 0.161 e. The topological polar surface area (TPSA) is 51.0 Å². The van der Waals surface area contributed by atoms with Crippen molar-refractivity contribution in [2.45, 2.75) is 64.5 Å². The second kappa shape index (κ2) is 10.2. The molecule has 0 amide bonds. The van der Waals surface area contributed by atoms with E-state index in [-0.39, 0.29) is 0 Å². The minimum absolute atomic E-state index is 0.593. The molecule has 1 aromatic carbocycles. The Kier molecular flexibility index (Phi) is 7.03. The number of methoxy groups -OCH3 is 2. The number of aromatic nitrogens is 2. The highest BCUT2D eigenvalue weighted by Gasteiger charge is 2.35. The first-order valence-corrected chi connectivity index (χ1v) is 13.2. The molecule has 188 valence electrons. The van der Waals surface area contributed by atoms with Crippen LogP contribution in [0.4, 0.5) is 0 Å². The van der Waals surface area contributed by atoms with Gasteiger partial charge < -0.3 is 19.2 Å². The standard InChI is InChI=1S/C29H40N4O2/c1-19(2)26-15-21(10-13-33(26)24-8-11-30-12-9-24)23-14-20(3)29-31-25(18-32(29)17-23)22-6-7-27(34-4)28(16-22)35-5/h6-7,14,16-19,21,24,26,30H,8-13,15H2,1-5H3/t21?,26-/m1/s1. The van der Waals surface area contributed by atoms with Crippen LogP contribution in [0.3, 0.4) is 0 Å². The fourth-order valence-electron chi connectivity index (χ4n) is 6.22. The number of benzene rings is 1. The Labute approximate surface area is 209 Å². The molecule has 4 heterocycles. The highest BCUT2D eigenvalue weighted by atomic mass is 16.5. The van der Waals surface area contributed by atoms with Crippen molar-refractivity contribution in [3.8, 4) is 22.8 Å². The predicted octanol–water partition coefficient (Wildman–Crippen LogP) is 5.28. The van der Waals surface area contributed by atoms with Gasteiger partial charge in [0.25, 0.3) is 0 Å². The number of hydrogen-bond donors (Lipinski definition) is 1. The molecular weight excluding hydrogens is 436 g/mol. The number of likely N-dealkylation sites (tertiary alicyclic amines) is 1. The number of ether oxygens (including phenoxy) is 2. The second-order valence-electron chi connectivity index (χ2n) is 10.6. The van der Waals surface area contributed by atoms with Gasteiger partial charge in [-0.2, -0.15) is 0 Å². The zero-order chi connectivity index (χ0) is 24.5. The number of hydrogen-bond acceptors (Lipinski definition) is 5. The maximum Gasteiger partial charge on any atom is 0.161 e. The summed E-state index contributed by atoms with van der Waals surface area (Å²) in [5, 5.41) is 3.53. The van der Waals surface area contributed by atoms with Crippen LogP contribution in [-0.2, 0) is 0 Å². The van der Waals surface area contributed by atoms with Crippen molar-refractivity contribution in [2.24, 2.45) is 5.92 Å². The maximum atomic E-state index is 5.51. The third-order valence-electron chi connectivity index (χ3n) is 8.14. The summed E-state index contributed by atoms with van der Waals surface area (Å²) in [4.78, 5) is 7.82. The van der Waals surface area contributed by atoms with Gasteiger partial charge in [-0.1, -0.05) is 19.9 Å². The molecule has 0 aliphatic carbocycles. The van der Waals surface area contributed by atoms with Crippen LogP contribution in [-0.4, -0.2) is 60.2 Å². The van der Waals surface area contributed by atoms with Gasteiger partial charge in [0.15, 0.2) is 11.5 Å². The first-order valence-electron chi connectivity index (χ1n) is 13.2. The van der Waals surface area contributed by atoms with Crippen LogP contribution in [0, 0.1) is 12.8 Å². The SMILES string of the molecule is COc1ccc(-c2cn3cc(C4CCN(C5CCNCC5)[C@@H](C(C)C)C4)cc(C)c3n2)cc1OC. The van der Waals surface area contributed by atoms with Gasteiger partial charge in [-0.05, 0) is 93.4 Å². The van der Waals surface area contributed by atoms with E-state index in [0.29, 0.717) is 17.9 Å². The van der Waals surface area contributed by atoms with Crippen LogP contribution in [0.1, 0.15) is 56.6 Å². The molecule has 5 rings (SSSR count). The summed E-state index contributed by atoms with van der Waals surface area (Å²) in [6, 6.07) is 9.76. The quantitative estimate of drug-likeness (QED) is 0.524. The molecule has 1 N–H and O–H groups in total. The van der Waals surface area contributed by atoms with Crippen molar-refractivity contribution in [2.75, 3.05) is 33.9 Å². The Morgan fingerprint density at radius 3 is 2.49 bits per heavy atom. The lowest BCUT2D eigenvalue weighted by atomic mass is 9.80. The Balaban J connectivity index is 1.41. The number of pyridine rings is 1. The molecule has 2 atom stereocenters. The molecule has 0 radical (unpaired) electrons. The first kappa shape index (κ1) is 24.1. The summed E-state index contributed by atoms with van der Waals surface area (Å²) >= 11 is 0. The average Bonchev–Trinajstić information content (AvgIpc) is 3.33. The molecule has 6 nitrogen and oxygen atoms in total. The summed E-state index contributed by atoms with van der Waals surface area (Å²) in [6.07, 6.45) is 9.51. The maximum absolute atomic E-state index is 5.51. The van der Waals surface area contributed by atoms with Crippen molar-refractivity contribution in [3.05, 3.63) is 47.8 Å².